The molecule has 0 atom stereocenters. The highest BCUT2D eigenvalue weighted by Crippen LogP contribution is 2.25. The minimum absolute atomic E-state index is 0.0127. The number of nitrogens with two attached hydrogens (primary N) is 1. The summed E-state index contributed by atoms with van der Waals surface area (Å²) < 4.78 is 39.4. The lowest BCUT2D eigenvalue weighted by Crippen LogP contribution is -2.23. The maximum absolute atomic E-state index is 12.4. The average Bonchev–Trinajstić information content (AvgIpc) is 3.02. The third-order valence-corrected chi connectivity index (χ3v) is 3.04. The standard InChI is InChI=1S/C15H16F2N2O4/c1-21-11-2-3-13(23-15(16)17)9(4-11)7-19-14(20)10-5-12(6-18)22-8-10/h2-5,8,15H,6-7,18H2,1H3,(H,19,20). The van der Waals surface area contributed by atoms with Crippen LogP contribution in [0.15, 0.2) is 34.9 Å². The number of carbonyl (C=O) groups excluding carboxylic acids is 1. The number of hydrogen-bond donors (Lipinski definition) is 2. The van der Waals surface area contributed by atoms with Gasteiger partial charge in [0.15, 0.2) is 0 Å². The number of rotatable bonds is 7. The molecule has 8 heteroatoms. The Morgan fingerprint density at radius 1 is 1.39 bits per heavy atom. The van der Waals surface area contributed by atoms with Crippen molar-refractivity contribution in [2.24, 2.45) is 5.73 Å². The summed E-state index contributed by atoms with van der Waals surface area (Å²) >= 11 is 0. The highest BCUT2D eigenvalue weighted by molar-refractivity contribution is 5.93. The van der Waals surface area contributed by atoms with Crippen molar-refractivity contribution in [1.29, 1.82) is 0 Å². The van der Waals surface area contributed by atoms with Crippen LogP contribution in [0, 0.1) is 0 Å². The first-order valence-corrected chi connectivity index (χ1v) is 6.71. The van der Waals surface area contributed by atoms with Crippen molar-refractivity contribution < 1.29 is 27.5 Å². The van der Waals surface area contributed by atoms with Crippen LogP contribution in [0.3, 0.4) is 0 Å². The minimum atomic E-state index is -2.96. The summed E-state index contributed by atoms with van der Waals surface area (Å²) in [6, 6.07) is 5.87. The van der Waals surface area contributed by atoms with E-state index in [0.29, 0.717) is 22.6 Å². The summed E-state index contributed by atoms with van der Waals surface area (Å²) in [6.45, 7) is -2.80. The summed E-state index contributed by atoms with van der Waals surface area (Å²) in [6.07, 6.45) is 1.28. The molecule has 3 N–H and O–H groups in total. The fourth-order valence-corrected chi connectivity index (χ4v) is 1.92. The molecule has 2 rings (SSSR count). The van der Waals surface area contributed by atoms with Crippen LogP contribution in [-0.4, -0.2) is 19.6 Å². The lowest BCUT2D eigenvalue weighted by atomic mass is 10.2. The van der Waals surface area contributed by atoms with Crippen molar-refractivity contribution in [1.82, 2.24) is 5.32 Å². The number of furan rings is 1. The number of alkyl halides is 2. The first-order chi connectivity index (χ1) is 11.0. The molecule has 0 saturated carbocycles. The summed E-state index contributed by atoms with van der Waals surface area (Å²) in [5, 5.41) is 2.60. The number of nitrogens with one attached hydrogen (secondary N) is 1. The number of halogens is 2. The van der Waals surface area contributed by atoms with Gasteiger partial charge < -0.3 is 24.9 Å². The van der Waals surface area contributed by atoms with E-state index in [1.54, 1.807) is 0 Å². The Labute approximate surface area is 131 Å². The topological polar surface area (TPSA) is 86.7 Å². The Balaban J connectivity index is 2.10. The zero-order valence-corrected chi connectivity index (χ0v) is 12.3. The van der Waals surface area contributed by atoms with E-state index in [1.165, 1.54) is 37.6 Å². The number of ether oxygens (including phenoxy) is 2. The smallest absolute Gasteiger partial charge is 0.387 e. The quantitative estimate of drug-likeness (QED) is 0.815. The molecule has 23 heavy (non-hydrogen) atoms. The molecule has 0 aliphatic rings. The molecular formula is C15H16F2N2O4. The number of carbonyl (C=O) groups is 1. The number of hydrogen-bond acceptors (Lipinski definition) is 5. The molecule has 0 fully saturated rings. The number of benzene rings is 1. The van der Waals surface area contributed by atoms with Gasteiger partial charge >= 0.3 is 6.61 Å². The molecule has 124 valence electrons. The third-order valence-electron chi connectivity index (χ3n) is 3.04. The van der Waals surface area contributed by atoms with E-state index in [9.17, 15) is 13.6 Å². The molecular weight excluding hydrogens is 310 g/mol. The molecule has 0 saturated heterocycles. The highest BCUT2D eigenvalue weighted by Gasteiger charge is 2.14. The van der Waals surface area contributed by atoms with E-state index < -0.39 is 12.5 Å². The predicted octanol–water partition coefficient (Wildman–Crippen LogP) is 2.28. The van der Waals surface area contributed by atoms with Gasteiger partial charge in [-0.2, -0.15) is 8.78 Å². The average molecular weight is 326 g/mol. The van der Waals surface area contributed by atoms with Gasteiger partial charge in [0.1, 0.15) is 23.5 Å². The second-order valence-corrected chi connectivity index (χ2v) is 4.54. The fourth-order valence-electron chi connectivity index (χ4n) is 1.92. The van der Waals surface area contributed by atoms with Crippen LogP contribution in [0.5, 0.6) is 11.5 Å². The molecule has 1 aromatic heterocycles. The van der Waals surface area contributed by atoms with E-state index in [-0.39, 0.29) is 18.8 Å². The zero-order chi connectivity index (χ0) is 16.8. The normalized spacial score (nSPS) is 10.7. The zero-order valence-electron chi connectivity index (χ0n) is 12.3. The molecule has 2 aromatic rings. The molecule has 0 aliphatic heterocycles. The van der Waals surface area contributed by atoms with Crippen LogP contribution in [0.1, 0.15) is 21.7 Å². The van der Waals surface area contributed by atoms with Gasteiger partial charge in [-0.05, 0) is 24.3 Å². The second kappa shape index (κ2) is 7.59. The highest BCUT2D eigenvalue weighted by atomic mass is 19.3. The molecule has 0 bridgehead atoms. The first kappa shape index (κ1) is 16.8. The Bertz CT molecular complexity index is 673. The molecule has 0 aliphatic carbocycles. The second-order valence-electron chi connectivity index (χ2n) is 4.54. The van der Waals surface area contributed by atoms with Gasteiger partial charge in [0.2, 0.25) is 0 Å². The third kappa shape index (κ3) is 4.43. The van der Waals surface area contributed by atoms with Gasteiger partial charge in [-0.3, -0.25) is 4.79 Å². The van der Waals surface area contributed by atoms with Gasteiger partial charge in [0.25, 0.3) is 5.91 Å². The summed E-state index contributed by atoms with van der Waals surface area (Å²) in [4.78, 5) is 12.0. The molecule has 1 amide bonds. The van der Waals surface area contributed by atoms with Crippen LogP contribution in [0.25, 0.3) is 0 Å². The summed E-state index contributed by atoms with van der Waals surface area (Å²) in [7, 11) is 1.45. The lowest BCUT2D eigenvalue weighted by Gasteiger charge is -2.12. The molecule has 1 heterocycles. The van der Waals surface area contributed by atoms with E-state index in [1.807, 2.05) is 0 Å². The van der Waals surface area contributed by atoms with Gasteiger partial charge in [-0.15, -0.1) is 0 Å². The maximum Gasteiger partial charge on any atom is 0.387 e. The van der Waals surface area contributed by atoms with E-state index in [2.05, 4.69) is 10.1 Å². The molecule has 0 spiro atoms. The number of amides is 1. The van der Waals surface area contributed by atoms with Crippen molar-refractivity contribution >= 4 is 5.91 Å². The minimum Gasteiger partial charge on any atom is -0.497 e. The van der Waals surface area contributed by atoms with Crippen LogP contribution in [0.2, 0.25) is 0 Å². The molecule has 6 nitrogen and oxygen atoms in total. The fraction of sp³-hybridized carbons (Fsp3) is 0.267. The Morgan fingerprint density at radius 2 is 2.17 bits per heavy atom. The Morgan fingerprint density at radius 3 is 2.78 bits per heavy atom. The van der Waals surface area contributed by atoms with Gasteiger partial charge in [-0.25, -0.2) is 0 Å². The number of methoxy groups -OCH3 is 1. The molecule has 0 radical (unpaired) electrons. The largest absolute Gasteiger partial charge is 0.497 e. The van der Waals surface area contributed by atoms with Crippen LogP contribution in [-0.2, 0) is 13.1 Å². The molecule has 0 unspecified atom stereocenters. The van der Waals surface area contributed by atoms with E-state index in [4.69, 9.17) is 14.9 Å². The van der Waals surface area contributed by atoms with Crippen LogP contribution in [0.4, 0.5) is 8.78 Å². The van der Waals surface area contributed by atoms with Crippen molar-refractivity contribution in [2.75, 3.05) is 7.11 Å². The Hall–Kier alpha value is -2.61. The van der Waals surface area contributed by atoms with Gasteiger partial charge in [0.05, 0.1) is 19.2 Å². The SMILES string of the molecule is COc1ccc(OC(F)F)c(CNC(=O)c2coc(CN)c2)c1. The van der Waals surface area contributed by atoms with Crippen LogP contribution >= 0.6 is 0 Å². The van der Waals surface area contributed by atoms with Crippen molar-refractivity contribution in [3.8, 4) is 11.5 Å². The lowest BCUT2D eigenvalue weighted by molar-refractivity contribution is -0.0505. The molecule has 1 aromatic carbocycles. The maximum atomic E-state index is 12.4. The first-order valence-electron chi connectivity index (χ1n) is 6.71. The summed E-state index contributed by atoms with van der Waals surface area (Å²) in [5.74, 6) is 0.484. The van der Waals surface area contributed by atoms with E-state index >= 15 is 0 Å². The van der Waals surface area contributed by atoms with Crippen molar-refractivity contribution in [3.63, 3.8) is 0 Å². The van der Waals surface area contributed by atoms with Crippen molar-refractivity contribution in [3.05, 3.63) is 47.4 Å². The van der Waals surface area contributed by atoms with E-state index in [0.717, 1.165) is 0 Å². The van der Waals surface area contributed by atoms with Crippen LogP contribution < -0.4 is 20.5 Å². The monoisotopic (exact) mass is 326 g/mol. The van der Waals surface area contributed by atoms with Crippen molar-refractivity contribution in [2.45, 2.75) is 19.7 Å². The summed E-state index contributed by atoms with van der Waals surface area (Å²) in [5.41, 5.74) is 6.06. The Kier molecular flexibility index (Phi) is 5.53. The predicted molar refractivity (Wildman–Crippen MR) is 77.4 cm³/mol. The van der Waals surface area contributed by atoms with Gasteiger partial charge in [0, 0.05) is 12.1 Å². The van der Waals surface area contributed by atoms with Gasteiger partial charge in [-0.1, -0.05) is 0 Å².